The van der Waals surface area contributed by atoms with E-state index in [4.69, 9.17) is 0 Å². The maximum atomic E-state index is 2.51. The van der Waals surface area contributed by atoms with E-state index in [0.717, 1.165) is 17.1 Å². The van der Waals surface area contributed by atoms with Crippen molar-refractivity contribution in [3.63, 3.8) is 0 Å². The molecule has 0 aliphatic heterocycles. The van der Waals surface area contributed by atoms with Crippen LogP contribution in [0, 0.1) is 0 Å². The lowest BCUT2D eigenvalue weighted by molar-refractivity contribution is 0.660. The van der Waals surface area contributed by atoms with Gasteiger partial charge in [0.05, 0.1) is 16.8 Å². The third kappa shape index (κ3) is 5.31. The molecule has 0 atom stereocenters. The number of hydrogen-bond acceptors (Lipinski definition) is 1. The molecule has 11 rings (SSSR count). The molecule has 280 valence electrons. The summed E-state index contributed by atoms with van der Waals surface area (Å²) in [4.78, 5) is 2.51. The molecule has 0 unspecified atom stereocenters. The zero-order valence-electron chi connectivity index (χ0n) is 33.3. The predicted molar refractivity (Wildman–Crippen MR) is 247 cm³/mol. The minimum atomic E-state index is -0.508. The van der Waals surface area contributed by atoms with Crippen molar-refractivity contribution in [3.05, 3.63) is 258 Å². The fourth-order valence-electron chi connectivity index (χ4n) is 10.3. The first kappa shape index (κ1) is 35.0. The summed E-state index contributed by atoms with van der Waals surface area (Å²) in [6, 6.07) is 83.0. The van der Waals surface area contributed by atoms with E-state index in [9.17, 15) is 0 Å². The van der Waals surface area contributed by atoms with Crippen LogP contribution >= 0.6 is 0 Å². The zero-order valence-corrected chi connectivity index (χ0v) is 33.3. The van der Waals surface area contributed by atoms with Crippen LogP contribution in [0.1, 0.15) is 47.2 Å². The van der Waals surface area contributed by atoms with Crippen LogP contribution in [0.4, 0.5) is 17.1 Å². The Labute approximate surface area is 347 Å². The van der Waals surface area contributed by atoms with E-state index in [1.807, 2.05) is 0 Å². The first-order valence-electron chi connectivity index (χ1n) is 20.7. The first-order valence-corrected chi connectivity index (χ1v) is 20.7. The van der Waals surface area contributed by atoms with Gasteiger partial charge in [-0.2, -0.15) is 0 Å². The SMILES string of the molecule is CC1(C)c2ccccc2-c2ccc(-c3cccc(N(c4ccccc4-c4ccccc4)c4cccc5c4-c4ccccc4C5(c4ccccc4)c4ccccc4)c3)cc21. The van der Waals surface area contributed by atoms with Gasteiger partial charge in [-0.15, -0.1) is 0 Å². The Kier molecular flexibility index (Phi) is 8.13. The molecule has 2 aliphatic rings. The lowest BCUT2D eigenvalue weighted by Gasteiger charge is -2.34. The highest BCUT2D eigenvalue weighted by Crippen LogP contribution is 2.60. The van der Waals surface area contributed by atoms with Crippen molar-refractivity contribution in [2.24, 2.45) is 0 Å². The van der Waals surface area contributed by atoms with Crippen LogP contribution in [0.3, 0.4) is 0 Å². The molecule has 0 saturated carbocycles. The summed E-state index contributed by atoms with van der Waals surface area (Å²) in [5, 5.41) is 0. The zero-order chi connectivity index (χ0) is 39.6. The van der Waals surface area contributed by atoms with E-state index in [1.165, 1.54) is 77.9 Å². The molecule has 0 fully saturated rings. The van der Waals surface area contributed by atoms with Gasteiger partial charge in [0.1, 0.15) is 0 Å². The van der Waals surface area contributed by atoms with Crippen LogP contribution in [-0.4, -0.2) is 0 Å². The number of nitrogens with zero attached hydrogens (tertiary/aromatic N) is 1. The topological polar surface area (TPSA) is 3.24 Å². The number of rotatable bonds is 7. The van der Waals surface area contributed by atoms with Gasteiger partial charge in [0, 0.05) is 22.2 Å². The first-order chi connectivity index (χ1) is 29.0. The van der Waals surface area contributed by atoms with Crippen LogP contribution < -0.4 is 4.90 Å². The molecule has 0 radical (unpaired) electrons. The summed E-state index contributed by atoms with van der Waals surface area (Å²) in [6.45, 7) is 4.72. The second kappa shape index (κ2) is 13.7. The monoisotopic (exact) mass is 753 g/mol. The minimum absolute atomic E-state index is 0.0812. The molecule has 2 aliphatic carbocycles. The van der Waals surface area contributed by atoms with Gasteiger partial charge < -0.3 is 4.90 Å². The fraction of sp³-hybridized carbons (Fsp3) is 0.0690. The number of hydrogen-bond donors (Lipinski definition) is 0. The molecule has 0 amide bonds. The lowest BCUT2D eigenvalue weighted by Crippen LogP contribution is -2.28. The molecular formula is C58H43N. The molecule has 0 aromatic heterocycles. The number of benzene rings is 9. The second-order valence-electron chi connectivity index (χ2n) is 16.4. The number of para-hydroxylation sites is 1. The van der Waals surface area contributed by atoms with E-state index in [0.29, 0.717) is 0 Å². The molecule has 0 saturated heterocycles. The largest absolute Gasteiger partial charge is 0.309 e. The Morgan fingerprint density at radius 3 is 1.56 bits per heavy atom. The standard InChI is InChI=1S/C58H43N/c1-57(2)50-31-15-12-29-47(50)48-37-36-42(39-53(48)57)41-22-18-27-45(38-41)59(54-34-17-14-28-46(54)40-20-6-3-7-21-40)55-35-19-33-52-56(55)49-30-13-16-32-51(49)58(52,43-23-8-4-9-24-43)44-25-10-5-11-26-44/h3-39H,1-2H3. The van der Waals surface area contributed by atoms with Gasteiger partial charge in [0.15, 0.2) is 0 Å². The average molecular weight is 754 g/mol. The molecule has 0 N–H and O–H groups in total. The second-order valence-corrected chi connectivity index (χ2v) is 16.4. The normalized spacial score (nSPS) is 13.9. The van der Waals surface area contributed by atoms with Gasteiger partial charge >= 0.3 is 0 Å². The molecule has 9 aromatic carbocycles. The lowest BCUT2D eigenvalue weighted by atomic mass is 9.68. The van der Waals surface area contributed by atoms with Gasteiger partial charge in [-0.1, -0.05) is 208 Å². The van der Waals surface area contributed by atoms with Crippen LogP contribution in [0.5, 0.6) is 0 Å². The van der Waals surface area contributed by atoms with Crippen molar-refractivity contribution in [2.75, 3.05) is 4.90 Å². The highest BCUT2D eigenvalue weighted by atomic mass is 15.1. The van der Waals surface area contributed by atoms with E-state index in [-0.39, 0.29) is 5.41 Å². The number of anilines is 3. The van der Waals surface area contributed by atoms with Crippen molar-refractivity contribution in [1.29, 1.82) is 0 Å². The van der Waals surface area contributed by atoms with Crippen molar-refractivity contribution < 1.29 is 0 Å². The van der Waals surface area contributed by atoms with Crippen LogP contribution in [0.15, 0.2) is 224 Å². The van der Waals surface area contributed by atoms with Crippen LogP contribution in [-0.2, 0) is 10.8 Å². The summed E-state index contributed by atoms with van der Waals surface area (Å²) in [7, 11) is 0. The van der Waals surface area contributed by atoms with E-state index < -0.39 is 5.41 Å². The van der Waals surface area contributed by atoms with Gasteiger partial charge in [-0.25, -0.2) is 0 Å². The molecule has 59 heavy (non-hydrogen) atoms. The summed E-state index contributed by atoms with van der Waals surface area (Å²) >= 11 is 0. The molecule has 1 heteroatoms. The molecule has 0 heterocycles. The van der Waals surface area contributed by atoms with E-state index in [1.54, 1.807) is 0 Å². The van der Waals surface area contributed by atoms with Crippen molar-refractivity contribution in [3.8, 4) is 44.5 Å². The summed E-state index contributed by atoms with van der Waals surface area (Å²) in [6.07, 6.45) is 0. The summed E-state index contributed by atoms with van der Waals surface area (Å²) in [5.41, 5.74) is 20.6. The predicted octanol–water partition coefficient (Wildman–Crippen LogP) is 15.2. The molecule has 0 bridgehead atoms. The number of fused-ring (bicyclic) bond motifs is 6. The highest BCUT2D eigenvalue weighted by Gasteiger charge is 2.47. The molecule has 0 spiro atoms. The Morgan fingerprint density at radius 1 is 0.322 bits per heavy atom. The fourth-order valence-corrected chi connectivity index (χ4v) is 10.3. The van der Waals surface area contributed by atoms with Gasteiger partial charge in [0.25, 0.3) is 0 Å². The summed E-state index contributed by atoms with van der Waals surface area (Å²) < 4.78 is 0. The smallest absolute Gasteiger partial charge is 0.0714 e. The maximum Gasteiger partial charge on any atom is 0.0714 e. The highest BCUT2D eigenvalue weighted by molar-refractivity contribution is 6.00. The average Bonchev–Trinajstić information content (AvgIpc) is 3.74. The molecule has 9 aromatic rings. The van der Waals surface area contributed by atoms with Crippen LogP contribution in [0.2, 0.25) is 0 Å². The van der Waals surface area contributed by atoms with E-state index in [2.05, 4.69) is 243 Å². The van der Waals surface area contributed by atoms with Gasteiger partial charge in [-0.3, -0.25) is 0 Å². The van der Waals surface area contributed by atoms with Gasteiger partial charge in [0.2, 0.25) is 0 Å². The minimum Gasteiger partial charge on any atom is -0.309 e. The Balaban J connectivity index is 1.17. The van der Waals surface area contributed by atoms with Crippen molar-refractivity contribution in [1.82, 2.24) is 0 Å². The molecular weight excluding hydrogens is 711 g/mol. The Hall–Kier alpha value is -7.22. The Bertz CT molecular complexity index is 2970. The van der Waals surface area contributed by atoms with Crippen molar-refractivity contribution in [2.45, 2.75) is 24.7 Å². The van der Waals surface area contributed by atoms with Crippen LogP contribution in [0.25, 0.3) is 44.5 Å². The van der Waals surface area contributed by atoms with Gasteiger partial charge in [-0.05, 0) is 97.1 Å². The summed E-state index contributed by atoms with van der Waals surface area (Å²) in [5.74, 6) is 0. The third-order valence-electron chi connectivity index (χ3n) is 13.0. The van der Waals surface area contributed by atoms with Crippen molar-refractivity contribution >= 4 is 17.1 Å². The molecule has 1 nitrogen and oxygen atoms in total. The maximum absolute atomic E-state index is 2.51. The third-order valence-corrected chi connectivity index (χ3v) is 13.0. The van der Waals surface area contributed by atoms with E-state index >= 15 is 0 Å². The Morgan fingerprint density at radius 2 is 0.831 bits per heavy atom. The quantitative estimate of drug-likeness (QED) is 0.157.